The van der Waals surface area contributed by atoms with Gasteiger partial charge >= 0.3 is 0 Å². The zero-order valence-corrected chi connectivity index (χ0v) is 21.7. The summed E-state index contributed by atoms with van der Waals surface area (Å²) in [4.78, 5) is 17.9. The van der Waals surface area contributed by atoms with Crippen molar-refractivity contribution in [3.8, 4) is 6.07 Å². The Morgan fingerprint density at radius 3 is 2.64 bits per heavy atom. The van der Waals surface area contributed by atoms with Gasteiger partial charge in [0, 0.05) is 50.5 Å². The Hall–Kier alpha value is -3.64. The van der Waals surface area contributed by atoms with Gasteiger partial charge < -0.3 is 9.47 Å². The highest BCUT2D eigenvalue weighted by Crippen LogP contribution is 2.34. The fraction of sp³-hybridized carbons (Fsp3) is 0.481. The quantitative estimate of drug-likeness (QED) is 0.413. The smallest absolute Gasteiger partial charge is 0.252 e. The zero-order valence-electron chi connectivity index (χ0n) is 21.7. The van der Waals surface area contributed by atoms with Crippen LogP contribution in [0.15, 0.2) is 41.6 Å². The second-order valence-electron chi connectivity index (χ2n) is 9.91. The zero-order chi connectivity index (χ0) is 25.6. The minimum absolute atomic E-state index is 0.0597. The van der Waals surface area contributed by atoms with Crippen molar-refractivity contribution in [1.29, 1.82) is 5.26 Å². The van der Waals surface area contributed by atoms with E-state index in [9.17, 15) is 4.79 Å². The molecule has 0 amide bonds. The van der Waals surface area contributed by atoms with E-state index in [1.165, 1.54) is 11.1 Å². The average molecular weight is 487 g/mol. The molecular weight excluding hydrogens is 452 g/mol. The molecule has 5 rings (SSSR count). The molecule has 1 unspecified atom stereocenters. The number of pyridine rings is 2. The van der Waals surface area contributed by atoms with Crippen molar-refractivity contribution in [2.24, 2.45) is 7.05 Å². The van der Waals surface area contributed by atoms with E-state index in [2.05, 4.69) is 67.0 Å². The van der Waals surface area contributed by atoms with Gasteiger partial charge in [-0.1, -0.05) is 19.9 Å². The summed E-state index contributed by atoms with van der Waals surface area (Å²) in [6.07, 6.45) is 7.81. The van der Waals surface area contributed by atoms with Crippen molar-refractivity contribution in [1.82, 2.24) is 28.9 Å². The van der Waals surface area contributed by atoms with Crippen molar-refractivity contribution in [2.45, 2.75) is 65.2 Å². The van der Waals surface area contributed by atoms with Crippen LogP contribution in [0.1, 0.15) is 50.8 Å². The molecule has 4 aromatic heterocycles. The summed E-state index contributed by atoms with van der Waals surface area (Å²) < 4.78 is 5.21. The van der Waals surface area contributed by atoms with E-state index in [0.717, 1.165) is 48.2 Å². The van der Waals surface area contributed by atoms with Crippen LogP contribution in [-0.2, 0) is 13.6 Å². The topological polar surface area (TPSA) is 87.4 Å². The Bertz CT molecular complexity index is 1510. The average Bonchev–Trinajstić information content (AvgIpc) is 3.48. The van der Waals surface area contributed by atoms with Gasteiger partial charge in [0.2, 0.25) is 0 Å². The summed E-state index contributed by atoms with van der Waals surface area (Å²) in [5.74, 6) is 0. The third-order valence-electron chi connectivity index (χ3n) is 7.87. The molecule has 9 heteroatoms. The van der Waals surface area contributed by atoms with Crippen LogP contribution in [0.25, 0.3) is 16.6 Å². The highest BCUT2D eigenvalue weighted by Gasteiger charge is 2.36. The Morgan fingerprint density at radius 2 is 1.92 bits per heavy atom. The number of rotatable bonds is 6. The summed E-state index contributed by atoms with van der Waals surface area (Å²) in [6.45, 7) is 10.7. The van der Waals surface area contributed by atoms with Crippen LogP contribution in [0.3, 0.4) is 0 Å². The SMILES string of the molecule is CC[C@H]1CN(C(C)c2ccc3c(C)cnn3c2)[C@H](CC)CN1c1cc(=O)n(C)c2cn(CC#N)nc12. The van der Waals surface area contributed by atoms with E-state index >= 15 is 0 Å². The van der Waals surface area contributed by atoms with E-state index < -0.39 is 0 Å². The summed E-state index contributed by atoms with van der Waals surface area (Å²) in [5.41, 5.74) is 5.92. The number of piperazine rings is 1. The lowest BCUT2D eigenvalue weighted by molar-refractivity contribution is 0.101. The maximum Gasteiger partial charge on any atom is 0.252 e. The number of aryl methyl sites for hydroxylation is 2. The van der Waals surface area contributed by atoms with E-state index in [4.69, 9.17) is 10.4 Å². The van der Waals surface area contributed by atoms with Gasteiger partial charge in [-0.05, 0) is 43.9 Å². The Kier molecular flexibility index (Phi) is 6.31. The lowest BCUT2D eigenvalue weighted by Gasteiger charge is -2.49. The van der Waals surface area contributed by atoms with Gasteiger partial charge in [-0.15, -0.1) is 0 Å². The first-order valence-electron chi connectivity index (χ1n) is 12.8. The van der Waals surface area contributed by atoms with Gasteiger partial charge in [0.1, 0.15) is 12.1 Å². The number of aromatic nitrogens is 5. The fourth-order valence-corrected chi connectivity index (χ4v) is 5.63. The molecule has 1 saturated heterocycles. The standard InChI is InChI=1S/C27H34N8O/c1-6-21-16-34(24-12-26(36)31(5)25-17-32(11-10-28)30-27(24)25)22(7-2)15-33(21)19(4)20-8-9-23-18(3)13-29-35(23)14-20/h8-9,12-14,17,19,21-22H,6-7,11,15-16H2,1-5H3/t19?,21-,22+/m1/s1. The maximum absolute atomic E-state index is 12.9. The molecule has 5 heterocycles. The highest BCUT2D eigenvalue weighted by molar-refractivity contribution is 5.88. The van der Waals surface area contributed by atoms with E-state index in [1.54, 1.807) is 28.6 Å². The molecule has 0 N–H and O–H groups in total. The van der Waals surface area contributed by atoms with Crippen molar-refractivity contribution in [3.63, 3.8) is 0 Å². The molecule has 9 nitrogen and oxygen atoms in total. The first kappa shape index (κ1) is 24.1. The van der Waals surface area contributed by atoms with Gasteiger partial charge in [-0.3, -0.25) is 14.4 Å². The molecule has 0 spiro atoms. The van der Waals surface area contributed by atoms with Gasteiger partial charge in [0.05, 0.1) is 35.2 Å². The number of hydrogen-bond acceptors (Lipinski definition) is 6. The maximum atomic E-state index is 12.9. The van der Waals surface area contributed by atoms with Crippen LogP contribution in [-0.4, -0.2) is 54.0 Å². The van der Waals surface area contributed by atoms with Gasteiger partial charge in [-0.2, -0.15) is 15.5 Å². The van der Waals surface area contributed by atoms with Crippen molar-refractivity contribution >= 4 is 22.2 Å². The first-order chi connectivity index (χ1) is 17.4. The molecule has 0 aromatic carbocycles. The minimum atomic E-state index is -0.0597. The third kappa shape index (κ3) is 3.95. The Balaban J connectivity index is 1.50. The third-order valence-corrected chi connectivity index (χ3v) is 7.87. The molecule has 0 radical (unpaired) electrons. The number of nitriles is 1. The lowest BCUT2D eigenvalue weighted by atomic mass is 9.97. The van der Waals surface area contributed by atoms with Gasteiger partial charge in [0.25, 0.3) is 5.56 Å². The first-order valence-corrected chi connectivity index (χ1v) is 12.8. The van der Waals surface area contributed by atoms with Gasteiger partial charge in [-0.25, -0.2) is 4.52 Å². The molecule has 0 bridgehead atoms. The molecule has 3 atom stereocenters. The van der Waals surface area contributed by atoms with E-state index in [1.807, 2.05) is 10.7 Å². The second-order valence-corrected chi connectivity index (χ2v) is 9.91. The van der Waals surface area contributed by atoms with Gasteiger partial charge in [0.15, 0.2) is 0 Å². The monoisotopic (exact) mass is 486 g/mol. The molecule has 1 fully saturated rings. The number of anilines is 1. The molecule has 1 aliphatic heterocycles. The number of fused-ring (bicyclic) bond motifs is 2. The fourth-order valence-electron chi connectivity index (χ4n) is 5.63. The Labute approximate surface area is 211 Å². The van der Waals surface area contributed by atoms with Crippen molar-refractivity contribution < 1.29 is 0 Å². The normalized spacial score (nSPS) is 19.7. The molecule has 188 valence electrons. The van der Waals surface area contributed by atoms with Crippen molar-refractivity contribution in [3.05, 3.63) is 58.3 Å². The largest absolute Gasteiger partial charge is 0.364 e. The van der Waals surface area contributed by atoms with Crippen LogP contribution in [0, 0.1) is 18.3 Å². The predicted molar refractivity (Wildman–Crippen MR) is 141 cm³/mol. The van der Waals surface area contributed by atoms with Crippen LogP contribution in [0.5, 0.6) is 0 Å². The molecule has 1 aliphatic rings. The summed E-state index contributed by atoms with van der Waals surface area (Å²) in [6, 6.07) is 9.04. The molecular formula is C27H34N8O. The Morgan fingerprint density at radius 1 is 1.14 bits per heavy atom. The van der Waals surface area contributed by atoms with Crippen LogP contribution in [0.2, 0.25) is 0 Å². The second kappa shape index (κ2) is 9.43. The number of nitrogens with zero attached hydrogens (tertiary/aromatic N) is 8. The highest BCUT2D eigenvalue weighted by atomic mass is 16.1. The summed E-state index contributed by atoms with van der Waals surface area (Å²) in [5, 5.41) is 18.4. The van der Waals surface area contributed by atoms with Crippen LogP contribution >= 0.6 is 0 Å². The number of hydrogen-bond donors (Lipinski definition) is 0. The molecule has 0 saturated carbocycles. The summed E-state index contributed by atoms with van der Waals surface area (Å²) >= 11 is 0. The van der Waals surface area contributed by atoms with Crippen LogP contribution in [0.4, 0.5) is 5.69 Å². The summed E-state index contributed by atoms with van der Waals surface area (Å²) in [7, 11) is 1.76. The minimum Gasteiger partial charge on any atom is -0.364 e. The molecule has 36 heavy (non-hydrogen) atoms. The van der Waals surface area contributed by atoms with Crippen LogP contribution < -0.4 is 10.5 Å². The van der Waals surface area contributed by atoms with Crippen molar-refractivity contribution in [2.75, 3.05) is 18.0 Å². The predicted octanol–water partition coefficient (Wildman–Crippen LogP) is 3.66. The lowest BCUT2D eigenvalue weighted by Crippen LogP contribution is -2.58. The van der Waals surface area contributed by atoms with E-state index in [-0.39, 0.29) is 24.2 Å². The molecule has 0 aliphatic carbocycles. The molecule has 4 aromatic rings. The van der Waals surface area contributed by atoms with E-state index in [0.29, 0.717) is 6.04 Å².